The van der Waals surface area contributed by atoms with Crippen LogP contribution in [0.3, 0.4) is 0 Å². The van der Waals surface area contributed by atoms with Gasteiger partial charge in [-0.1, -0.05) is 18.2 Å². The Hall–Kier alpha value is -2.56. The van der Waals surface area contributed by atoms with Crippen LogP contribution in [0.1, 0.15) is 6.92 Å². The number of methoxy groups -OCH3 is 1. The molecule has 0 aliphatic heterocycles. The molecule has 5 heteroatoms. The number of carbonyl (C=O) groups is 1. The fourth-order valence-electron chi connectivity index (χ4n) is 1.81. The molecule has 21 heavy (non-hydrogen) atoms. The van der Waals surface area contributed by atoms with Crippen molar-refractivity contribution in [3.8, 4) is 5.75 Å². The molecular formula is C16H17FN2O2. The average molecular weight is 288 g/mol. The second kappa shape index (κ2) is 6.74. The first-order valence-electron chi connectivity index (χ1n) is 6.56. The Morgan fingerprint density at radius 3 is 2.57 bits per heavy atom. The van der Waals surface area contributed by atoms with Crippen molar-refractivity contribution in [1.29, 1.82) is 0 Å². The van der Waals surface area contributed by atoms with Gasteiger partial charge in [-0.25, -0.2) is 4.39 Å². The first-order chi connectivity index (χ1) is 10.1. The van der Waals surface area contributed by atoms with Crippen molar-refractivity contribution in [2.24, 2.45) is 0 Å². The van der Waals surface area contributed by atoms with E-state index in [2.05, 4.69) is 10.6 Å². The van der Waals surface area contributed by atoms with E-state index < -0.39 is 11.9 Å². The standard InChI is InChI=1S/C16H17FN2O2/c1-11(16(20)19-12-6-4-3-5-7-12)18-15-10-13(21-2)8-9-14(15)17/h3-11,18H,1-2H3,(H,19,20). The summed E-state index contributed by atoms with van der Waals surface area (Å²) in [4.78, 5) is 12.1. The number of rotatable bonds is 5. The molecule has 0 spiro atoms. The van der Waals surface area contributed by atoms with Crippen molar-refractivity contribution in [3.63, 3.8) is 0 Å². The van der Waals surface area contributed by atoms with Gasteiger partial charge in [-0.15, -0.1) is 0 Å². The van der Waals surface area contributed by atoms with Crippen molar-refractivity contribution in [2.45, 2.75) is 13.0 Å². The van der Waals surface area contributed by atoms with Gasteiger partial charge in [0.1, 0.15) is 17.6 Å². The number of hydrogen-bond donors (Lipinski definition) is 2. The van der Waals surface area contributed by atoms with Crippen LogP contribution >= 0.6 is 0 Å². The van der Waals surface area contributed by atoms with Gasteiger partial charge < -0.3 is 15.4 Å². The quantitative estimate of drug-likeness (QED) is 0.887. The number of amides is 1. The van der Waals surface area contributed by atoms with E-state index in [1.54, 1.807) is 19.1 Å². The normalized spacial score (nSPS) is 11.6. The summed E-state index contributed by atoms with van der Waals surface area (Å²) in [5.74, 6) is -0.159. The lowest BCUT2D eigenvalue weighted by atomic mass is 10.2. The molecule has 0 saturated heterocycles. The molecule has 0 saturated carbocycles. The molecule has 2 rings (SSSR count). The zero-order chi connectivity index (χ0) is 15.2. The monoisotopic (exact) mass is 288 g/mol. The maximum absolute atomic E-state index is 13.7. The topological polar surface area (TPSA) is 50.4 Å². The molecule has 2 aromatic rings. The third-order valence-corrected chi connectivity index (χ3v) is 2.98. The van der Waals surface area contributed by atoms with Gasteiger partial charge in [0.05, 0.1) is 12.8 Å². The molecule has 2 N–H and O–H groups in total. The fraction of sp³-hybridized carbons (Fsp3) is 0.188. The number of anilines is 2. The van der Waals surface area contributed by atoms with Crippen LogP contribution in [0.5, 0.6) is 5.75 Å². The Balaban J connectivity index is 2.04. The predicted molar refractivity (Wildman–Crippen MR) is 81.1 cm³/mol. The second-order valence-corrected chi connectivity index (χ2v) is 4.57. The van der Waals surface area contributed by atoms with E-state index in [1.807, 2.05) is 18.2 Å². The van der Waals surface area contributed by atoms with Crippen molar-refractivity contribution in [3.05, 3.63) is 54.3 Å². The van der Waals surface area contributed by atoms with E-state index >= 15 is 0 Å². The van der Waals surface area contributed by atoms with Crippen molar-refractivity contribution >= 4 is 17.3 Å². The Morgan fingerprint density at radius 2 is 1.90 bits per heavy atom. The zero-order valence-corrected chi connectivity index (χ0v) is 11.9. The van der Waals surface area contributed by atoms with Crippen LogP contribution in [-0.4, -0.2) is 19.1 Å². The minimum absolute atomic E-state index is 0.227. The van der Waals surface area contributed by atoms with Crippen LogP contribution in [0, 0.1) is 5.82 Å². The number of benzene rings is 2. The smallest absolute Gasteiger partial charge is 0.246 e. The highest BCUT2D eigenvalue weighted by atomic mass is 19.1. The molecular weight excluding hydrogens is 271 g/mol. The molecule has 0 fully saturated rings. The van der Waals surface area contributed by atoms with Gasteiger partial charge >= 0.3 is 0 Å². The molecule has 110 valence electrons. The summed E-state index contributed by atoms with van der Waals surface area (Å²) in [5.41, 5.74) is 0.923. The Morgan fingerprint density at radius 1 is 1.19 bits per heavy atom. The van der Waals surface area contributed by atoms with Crippen LogP contribution < -0.4 is 15.4 Å². The summed E-state index contributed by atoms with van der Waals surface area (Å²) in [6.45, 7) is 1.66. The molecule has 1 amide bonds. The van der Waals surface area contributed by atoms with Gasteiger partial charge in [-0.3, -0.25) is 4.79 Å². The van der Waals surface area contributed by atoms with E-state index in [4.69, 9.17) is 4.74 Å². The molecule has 1 unspecified atom stereocenters. The molecule has 0 radical (unpaired) electrons. The first-order valence-corrected chi connectivity index (χ1v) is 6.56. The number of ether oxygens (including phenoxy) is 1. The van der Waals surface area contributed by atoms with E-state index in [9.17, 15) is 9.18 Å². The molecule has 0 aliphatic carbocycles. The summed E-state index contributed by atoms with van der Waals surface area (Å²) >= 11 is 0. The maximum atomic E-state index is 13.7. The van der Waals surface area contributed by atoms with E-state index in [0.29, 0.717) is 11.4 Å². The van der Waals surface area contributed by atoms with Crippen LogP contribution in [0.15, 0.2) is 48.5 Å². The number of hydrogen-bond acceptors (Lipinski definition) is 3. The van der Waals surface area contributed by atoms with Crippen LogP contribution in [0.4, 0.5) is 15.8 Å². The maximum Gasteiger partial charge on any atom is 0.246 e. The number of nitrogens with one attached hydrogen (secondary N) is 2. The summed E-state index contributed by atoms with van der Waals surface area (Å²) in [5, 5.41) is 5.59. The molecule has 0 heterocycles. The summed E-state index contributed by atoms with van der Waals surface area (Å²) < 4.78 is 18.7. The van der Waals surface area contributed by atoms with Crippen LogP contribution in [0.2, 0.25) is 0 Å². The minimum Gasteiger partial charge on any atom is -0.497 e. The summed E-state index contributed by atoms with van der Waals surface area (Å²) in [6, 6.07) is 12.8. The first kappa shape index (κ1) is 14.8. The van der Waals surface area contributed by atoms with Crippen molar-refractivity contribution < 1.29 is 13.9 Å². The number of halogens is 1. The molecule has 0 aliphatic rings. The van der Waals surface area contributed by atoms with Gasteiger partial charge in [0.25, 0.3) is 0 Å². The predicted octanol–water partition coefficient (Wildman–Crippen LogP) is 3.27. The van der Waals surface area contributed by atoms with Gasteiger partial charge in [0.2, 0.25) is 5.91 Å². The third-order valence-electron chi connectivity index (χ3n) is 2.98. The number of para-hydroxylation sites is 1. The molecule has 0 aromatic heterocycles. The molecule has 4 nitrogen and oxygen atoms in total. The highest BCUT2D eigenvalue weighted by Gasteiger charge is 2.15. The average Bonchev–Trinajstić information content (AvgIpc) is 2.50. The fourth-order valence-corrected chi connectivity index (χ4v) is 1.81. The lowest BCUT2D eigenvalue weighted by Crippen LogP contribution is -2.32. The van der Waals surface area contributed by atoms with Gasteiger partial charge in [-0.05, 0) is 31.2 Å². The highest BCUT2D eigenvalue weighted by molar-refractivity contribution is 5.96. The van der Waals surface area contributed by atoms with Gasteiger partial charge in [0, 0.05) is 11.8 Å². The highest BCUT2D eigenvalue weighted by Crippen LogP contribution is 2.22. The van der Waals surface area contributed by atoms with Crippen molar-refractivity contribution in [2.75, 3.05) is 17.7 Å². The zero-order valence-electron chi connectivity index (χ0n) is 11.9. The lowest BCUT2D eigenvalue weighted by molar-refractivity contribution is -0.116. The SMILES string of the molecule is COc1ccc(F)c(NC(C)C(=O)Nc2ccccc2)c1. The van der Waals surface area contributed by atoms with Gasteiger partial charge in [0.15, 0.2) is 0 Å². The second-order valence-electron chi connectivity index (χ2n) is 4.57. The third kappa shape index (κ3) is 3.95. The van der Waals surface area contributed by atoms with E-state index in [0.717, 1.165) is 0 Å². The van der Waals surface area contributed by atoms with E-state index in [-0.39, 0.29) is 11.6 Å². The molecule has 1 atom stereocenters. The van der Waals surface area contributed by atoms with Gasteiger partial charge in [-0.2, -0.15) is 0 Å². The Kier molecular flexibility index (Phi) is 4.77. The largest absolute Gasteiger partial charge is 0.497 e. The molecule has 2 aromatic carbocycles. The summed E-state index contributed by atoms with van der Waals surface area (Å²) in [6.07, 6.45) is 0. The van der Waals surface area contributed by atoms with Crippen LogP contribution in [-0.2, 0) is 4.79 Å². The van der Waals surface area contributed by atoms with E-state index in [1.165, 1.54) is 25.3 Å². The lowest BCUT2D eigenvalue weighted by Gasteiger charge is -2.16. The Bertz CT molecular complexity index is 617. The minimum atomic E-state index is -0.591. The summed E-state index contributed by atoms with van der Waals surface area (Å²) in [7, 11) is 1.50. The number of carbonyl (C=O) groups excluding carboxylic acids is 1. The Labute approximate surface area is 122 Å². The molecule has 0 bridgehead atoms. The van der Waals surface area contributed by atoms with Crippen molar-refractivity contribution in [1.82, 2.24) is 0 Å². The van der Waals surface area contributed by atoms with Crippen LogP contribution in [0.25, 0.3) is 0 Å².